The van der Waals surface area contributed by atoms with Crippen LogP contribution in [0, 0.1) is 10.1 Å². The molecule has 0 aliphatic rings. The Bertz CT molecular complexity index is 974. The SMILES string of the molecule is O=C(CSc1ccc(NC(=O)c2ccc([N+](=O)[O-])cc2)cc1)Nc1nccs1. The fourth-order valence-electron chi connectivity index (χ4n) is 2.16. The number of benzene rings is 2. The van der Waals surface area contributed by atoms with Crippen LogP contribution in [-0.2, 0) is 4.79 Å². The van der Waals surface area contributed by atoms with E-state index in [9.17, 15) is 19.7 Å². The number of carbonyl (C=O) groups excluding carboxylic acids is 2. The maximum Gasteiger partial charge on any atom is 0.269 e. The summed E-state index contributed by atoms with van der Waals surface area (Å²) in [7, 11) is 0. The number of aromatic nitrogens is 1. The van der Waals surface area contributed by atoms with Crippen molar-refractivity contribution in [3.8, 4) is 0 Å². The third-order valence-electron chi connectivity index (χ3n) is 3.50. The van der Waals surface area contributed by atoms with Crippen LogP contribution in [0.3, 0.4) is 0 Å². The first-order valence-electron chi connectivity index (χ1n) is 7.99. The first-order chi connectivity index (χ1) is 13.5. The Morgan fingerprint density at radius 1 is 1.07 bits per heavy atom. The van der Waals surface area contributed by atoms with Crippen LogP contribution < -0.4 is 10.6 Å². The van der Waals surface area contributed by atoms with Gasteiger partial charge in [-0.05, 0) is 36.4 Å². The van der Waals surface area contributed by atoms with E-state index < -0.39 is 4.92 Å². The summed E-state index contributed by atoms with van der Waals surface area (Å²) in [5, 5.41) is 18.4. The highest BCUT2D eigenvalue weighted by Gasteiger charge is 2.10. The average Bonchev–Trinajstić information content (AvgIpc) is 3.20. The maximum atomic E-state index is 12.2. The molecule has 142 valence electrons. The second-order valence-corrected chi connectivity index (χ2v) is 7.40. The van der Waals surface area contributed by atoms with Crippen molar-refractivity contribution in [1.82, 2.24) is 4.98 Å². The number of nitro groups is 1. The van der Waals surface area contributed by atoms with Crippen molar-refractivity contribution < 1.29 is 14.5 Å². The number of rotatable bonds is 7. The van der Waals surface area contributed by atoms with Crippen molar-refractivity contribution in [1.29, 1.82) is 0 Å². The Morgan fingerprint density at radius 2 is 1.79 bits per heavy atom. The lowest BCUT2D eigenvalue weighted by Crippen LogP contribution is -2.13. The average molecular weight is 414 g/mol. The molecule has 8 nitrogen and oxygen atoms in total. The molecule has 2 N–H and O–H groups in total. The fourth-order valence-corrected chi connectivity index (χ4v) is 3.41. The molecule has 1 aromatic heterocycles. The van der Waals surface area contributed by atoms with Gasteiger partial charge in [-0.25, -0.2) is 4.98 Å². The predicted octanol–water partition coefficient (Wildman–Crippen LogP) is 4.03. The highest BCUT2D eigenvalue weighted by Crippen LogP contribution is 2.21. The first kappa shape index (κ1) is 19.5. The van der Waals surface area contributed by atoms with Crippen LogP contribution in [-0.4, -0.2) is 27.5 Å². The molecule has 2 aromatic carbocycles. The molecule has 0 aliphatic carbocycles. The zero-order valence-electron chi connectivity index (χ0n) is 14.3. The van der Waals surface area contributed by atoms with E-state index >= 15 is 0 Å². The van der Waals surface area contributed by atoms with Gasteiger partial charge in [-0.3, -0.25) is 19.7 Å². The van der Waals surface area contributed by atoms with E-state index in [-0.39, 0.29) is 23.3 Å². The van der Waals surface area contributed by atoms with Gasteiger partial charge in [-0.2, -0.15) is 0 Å². The molecule has 0 bridgehead atoms. The van der Waals surface area contributed by atoms with E-state index in [0.29, 0.717) is 16.4 Å². The maximum absolute atomic E-state index is 12.2. The molecule has 0 spiro atoms. The van der Waals surface area contributed by atoms with Crippen molar-refractivity contribution in [3.63, 3.8) is 0 Å². The molecule has 0 fully saturated rings. The van der Waals surface area contributed by atoms with Gasteiger partial charge in [0, 0.05) is 39.9 Å². The minimum atomic E-state index is -0.519. The highest BCUT2D eigenvalue weighted by atomic mass is 32.2. The second-order valence-electron chi connectivity index (χ2n) is 5.46. The number of carbonyl (C=O) groups is 2. The number of amides is 2. The van der Waals surface area contributed by atoms with Gasteiger partial charge >= 0.3 is 0 Å². The number of hydrogen-bond donors (Lipinski definition) is 2. The van der Waals surface area contributed by atoms with E-state index in [1.807, 2.05) is 0 Å². The normalized spacial score (nSPS) is 10.3. The number of nitrogens with one attached hydrogen (secondary N) is 2. The minimum absolute atomic E-state index is 0.0724. The summed E-state index contributed by atoms with van der Waals surface area (Å²) in [6.07, 6.45) is 1.62. The van der Waals surface area contributed by atoms with E-state index in [1.54, 1.807) is 35.8 Å². The summed E-state index contributed by atoms with van der Waals surface area (Å²) in [4.78, 5) is 39.1. The van der Waals surface area contributed by atoms with Gasteiger partial charge in [0.25, 0.3) is 11.6 Å². The molecule has 0 saturated heterocycles. The Balaban J connectivity index is 1.51. The lowest BCUT2D eigenvalue weighted by molar-refractivity contribution is -0.384. The van der Waals surface area contributed by atoms with Crippen molar-refractivity contribution >= 4 is 51.4 Å². The Hall–Kier alpha value is -3.24. The van der Waals surface area contributed by atoms with Gasteiger partial charge in [0.1, 0.15) is 0 Å². The van der Waals surface area contributed by atoms with Crippen LogP contribution in [0.4, 0.5) is 16.5 Å². The summed E-state index contributed by atoms with van der Waals surface area (Å²) in [6, 6.07) is 12.4. The van der Waals surface area contributed by atoms with Gasteiger partial charge in [0.15, 0.2) is 5.13 Å². The molecule has 0 atom stereocenters. The zero-order valence-corrected chi connectivity index (χ0v) is 16.0. The third-order valence-corrected chi connectivity index (χ3v) is 5.20. The van der Waals surface area contributed by atoms with Crippen LogP contribution in [0.1, 0.15) is 10.4 Å². The summed E-state index contributed by atoms with van der Waals surface area (Å²) < 4.78 is 0. The number of thioether (sulfide) groups is 1. The van der Waals surface area contributed by atoms with Crippen molar-refractivity contribution in [3.05, 3.63) is 75.8 Å². The van der Waals surface area contributed by atoms with Gasteiger partial charge in [-0.1, -0.05) is 0 Å². The Morgan fingerprint density at radius 3 is 2.39 bits per heavy atom. The highest BCUT2D eigenvalue weighted by molar-refractivity contribution is 8.00. The Labute approximate surface area is 168 Å². The van der Waals surface area contributed by atoms with Gasteiger partial charge < -0.3 is 10.6 Å². The summed E-state index contributed by atoms with van der Waals surface area (Å²) in [5.74, 6) is -0.262. The molecular weight excluding hydrogens is 400 g/mol. The molecule has 28 heavy (non-hydrogen) atoms. The Kier molecular flexibility index (Phi) is 6.35. The van der Waals surface area contributed by atoms with Crippen LogP contribution >= 0.6 is 23.1 Å². The van der Waals surface area contributed by atoms with Gasteiger partial charge in [0.05, 0.1) is 10.7 Å². The van der Waals surface area contributed by atoms with Gasteiger partial charge in [0.2, 0.25) is 5.91 Å². The number of non-ortho nitro benzene ring substituents is 1. The van der Waals surface area contributed by atoms with E-state index in [0.717, 1.165) is 4.90 Å². The van der Waals surface area contributed by atoms with E-state index in [4.69, 9.17) is 0 Å². The lowest BCUT2D eigenvalue weighted by atomic mass is 10.2. The van der Waals surface area contributed by atoms with E-state index in [1.165, 1.54) is 47.4 Å². The molecule has 2 amide bonds. The number of nitro benzene ring substituents is 1. The molecule has 10 heteroatoms. The molecule has 1 heterocycles. The molecule has 0 unspecified atom stereocenters. The third kappa shape index (κ3) is 5.38. The lowest BCUT2D eigenvalue weighted by Gasteiger charge is -2.07. The largest absolute Gasteiger partial charge is 0.322 e. The van der Waals surface area contributed by atoms with Crippen LogP contribution in [0.5, 0.6) is 0 Å². The summed E-state index contributed by atoms with van der Waals surface area (Å²) in [5.41, 5.74) is 0.833. The fraction of sp³-hybridized carbons (Fsp3) is 0.0556. The number of thiazole rings is 1. The minimum Gasteiger partial charge on any atom is -0.322 e. The quantitative estimate of drug-likeness (QED) is 0.343. The van der Waals surface area contributed by atoms with Gasteiger partial charge in [-0.15, -0.1) is 23.1 Å². The zero-order chi connectivity index (χ0) is 19.9. The monoisotopic (exact) mass is 414 g/mol. The van der Waals surface area contributed by atoms with Crippen molar-refractivity contribution in [2.45, 2.75) is 4.90 Å². The molecule has 0 saturated carbocycles. The van der Waals surface area contributed by atoms with Crippen LogP contribution in [0.2, 0.25) is 0 Å². The first-order valence-corrected chi connectivity index (χ1v) is 9.86. The molecule has 0 radical (unpaired) electrons. The standard InChI is InChI=1S/C18H14N4O4S2/c23-16(21-18-19-9-10-27-18)11-28-15-7-3-13(4-8-15)20-17(24)12-1-5-14(6-2-12)22(25)26/h1-10H,11H2,(H,20,24)(H,19,21,23). The van der Waals surface area contributed by atoms with Crippen LogP contribution in [0.15, 0.2) is 65.0 Å². The molecule has 0 aliphatic heterocycles. The number of anilines is 2. The van der Waals surface area contributed by atoms with E-state index in [2.05, 4.69) is 15.6 Å². The molecule has 3 rings (SSSR count). The summed E-state index contributed by atoms with van der Waals surface area (Å²) >= 11 is 2.72. The summed E-state index contributed by atoms with van der Waals surface area (Å²) in [6.45, 7) is 0. The number of nitrogens with zero attached hydrogens (tertiary/aromatic N) is 2. The smallest absolute Gasteiger partial charge is 0.269 e. The number of hydrogen-bond acceptors (Lipinski definition) is 7. The molecule has 3 aromatic rings. The molecular formula is C18H14N4O4S2. The van der Waals surface area contributed by atoms with Crippen molar-refractivity contribution in [2.24, 2.45) is 0 Å². The van der Waals surface area contributed by atoms with Crippen molar-refractivity contribution in [2.75, 3.05) is 16.4 Å². The van der Waals surface area contributed by atoms with Crippen LogP contribution in [0.25, 0.3) is 0 Å². The topological polar surface area (TPSA) is 114 Å². The second kappa shape index (κ2) is 9.11. The predicted molar refractivity (Wildman–Crippen MR) is 109 cm³/mol.